The molecule has 1 atom stereocenters. The summed E-state index contributed by atoms with van der Waals surface area (Å²) in [5.74, 6) is 0.876. The van der Waals surface area contributed by atoms with Crippen LogP contribution < -0.4 is 9.64 Å². The third kappa shape index (κ3) is 4.97. The van der Waals surface area contributed by atoms with Gasteiger partial charge >= 0.3 is 0 Å². The van der Waals surface area contributed by atoms with Crippen LogP contribution in [0.3, 0.4) is 0 Å². The van der Waals surface area contributed by atoms with Crippen molar-refractivity contribution in [2.45, 2.75) is 12.5 Å². The molecule has 1 aromatic heterocycles. The fraction of sp³-hybridized carbons (Fsp3) is 0.0417. The van der Waals surface area contributed by atoms with Gasteiger partial charge in [-0.15, -0.1) is 0 Å². The molecule has 0 radical (unpaired) electrons. The zero-order chi connectivity index (χ0) is 33.9. The van der Waals surface area contributed by atoms with Crippen molar-refractivity contribution in [2.75, 3.05) is 4.90 Å². The molecule has 0 amide bonds. The van der Waals surface area contributed by atoms with Crippen LogP contribution in [0.15, 0.2) is 186 Å². The number of furan rings is 1. The van der Waals surface area contributed by atoms with Crippen LogP contribution in [0.2, 0.25) is 0 Å². The SMILES string of the molecule is C=C1Cc2ccc3oc4ccc(N(c5ccc(-c6ccccc6)cc5)c5ccc6ccc7ccccc7c6c5)cc4c3c2OC1c1ccccc1. The lowest BCUT2D eigenvalue weighted by Crippen LogP contribution is -2.17. The van der Waals surface area contributed by atoms with Crippen LogP contribution in [-0.4, -0.2) is 0 Å². The van der Waals surface area contributed by atoms with Crippen LogP contribution in [0.25, 0.3) is 54.6 Å². The molecule has 0 saturated heterocycles. The van der Waals surface area contributed by atoms with Crippen LogP contribution >= 0.6 is 0 Å². The molecule has 1 aliphatic heterocycles. The predicted molar refractivity (Wildman–Crippen MR) is 212 cm³/mol. The highest BCUT2D eigenvalue weighted by Crippen LogP contribution is 2.47. The third-order valence-electron chi connectivity index (χ3n) is 10.3. The summed E-state index contributed by atoms with van der Waals surface area (Å²) in [5.41, 5.74) is 10.5. The van der Waals surface area contributed by atoms with Gasteiger partial charge in [-0.1, -0.05) is 128 Å². The van der Waals surface area contributed by atoms with E-state index in [1.165, 1.54) is 32.7 Å². The maximum Gasteiger partial charge on any atom is 0.145 e. The Labute approximate surface area is 296 Å². The van der Waals surface area contributed by atoms with Crippen LogP contribution in [-0.2, 0) is 6.42 Å². The number of hydrogen-bond acceptors (Lipinski definition) is 3. The predicted octanol–water partition coefficient (Wildman–Crippen LogP) is 13.3. The van der Waals surface area contributed by atoms with E-state index in [4.69, 9.17) is 9.15 Å². The monoisotopic (exact) mass is 655 g/mol. The highest BCUT2D eigenvalue weighted by molar-refractivity contribution is 6.11. The summed E-state index contributed by atoms with van der Waals surface area (Å²) in [5, 5.41) is 6.93. The van der Waals surface area contributed by atoms with Gasteiger partial charge in [-0.3, -0.25) is 0 Å². The summed E-state index contributed by atoms with van der Waals surface area (Å²) in [6.07, 6.45) is 0.534. The number of nitrogens with zero attached hydrogens (tertiary/aromatic N) is 1. The van der Waals surface area contributed by atoms with Gasteiger partial charge in [0, 0.05) is 28.9 Å². The average Bonchev–Trinajstić information content (AvgIpc) is 3.57. The second-order valence-corrected chi connectivity index (χ2v) is 13.4. The largest absolute Gasteiger partial charge is 0.480 e. The topological polar surface area (TPSA) is 25.6 Å². The van der Waals surface area contributed by atoms with Gasteiger partial charge in [0.1, 0.15) is 23.0 Å². The summed E-state index contributed by atoms with van der Waals surface area (Å²) in [4.78, 5) is 2.35. The van der Waals surface area contributed by atoms with Crippen molar-refractivity contribution in [3.63, 3.8) is 0 Å². The quantitative estimate of drug-likeness (QED) is 0.136. The molecule has 0 saturated carbocycles. The van der Waals surface area contributed by atoms with Crippen molar-refractivity contribution in [1.82, 2.24) is 0 Å². The Hall–Kier alpha value is -6.58. The van der Waals surface area contributed by atoms with Gasteiger partial charge in [-0.25, -0.2) is 0 Å². The maximum absolute atomic E-state index is 6.85. The number of ether oxygens (including phenoxy) is 1. The number of anilines is 3. The van der Waals surface area contributed by atoms with Gasteiger partial charge in [-0.05, 0) is 97.9 Å². The van der Waals surface area contributed by atoms with E-state index >= 15 is 0 Å². The molecule has 0 fully saturated rings. The summed E-state index contributed by atoms with van der Waals surface area (Å²) < 4.78 is 13.3. The van der Waals surface area contributed by atoms with Crippen molar-refractivity contribution < 1.29 is 9.15 Å². The molecule has 1 aliphatic rings. The van der Waals surface area contributed by atoms with Gasteiger partial charge in [0.05, 0.1) is 5.39 Å². The Bertz CT molecular complexity index is 2760. The lowest BCUT2D eigenvalue weighted by molar-refractivity contribution is 0.229. The molecule has 2 heterocycles. The third-order valence-corrected chi connectivity index (χ3v) is 10.3. The minimum atomic E-state index is -0.218. The van der Waals surface area contributed by atoms with Gasteiger partial charge < -0.3 is 14.1 Å². The fourth-order valence-corrected chi connectivity index (χ4v) is 7.76. The molecule has 9 aromatic rings. The van der Waals surface area contributed by atoms with Gasteiger partial charge in [0.15, 0.2) is 0 Å². The highest BCUT2D eigenvalue weighted by atomic mass is 16.5. The molecule has 3 heteroatoms. The Morgan fingerprint density at radius 1 is 0.510 bits per heavy atom. The van der Waals surface area contributed by atoms with E-state index in [9.17, 15) is 0 Å². The van der Waals surface area contributed by atoms with Crippen molar-refractivity contribution in [3.05, 3.63) is 193 Å². The fourth-order valence-electron chi connectivity index (χ4n) is 7.76. The molecule has 3 nitrogen and oxygen atoms in total. The number of benzene rings is 8. The molecule has 0 aliphatic carbocycles. The molecule has 51 heavy (non-hydrogen) atoms. The molecule has 0 bridgehead atoms. The standard InChI is InChI=1S/C48H33NO2/c1-31-28-37-21-26-45-46(48(37)51-47(31)36-13-6-3-7-14-36)43-30-40(25-27-44(43)50-45)49(38-22-18-33(19-23-38)32-10-4-2-5-11-32)39-24-20-35-17-16-34-12-8-9-15-41(34)42(35)29-39/h2-27,29-30,47H,1,28H2. The average molecular weight is 656 g/mol. The zero-order valence-electron chi connectivity index (χ0n) is 27.9. The first kappa shape index (κ1) is 29.3. The molecule has 0 N–H and O–H groups in total. The zero-order valence-corrected chi connectivity index (χ0v) is 27.9. The van der Waals surface area contributed by atoms with Gasteiger partial charge in [0.2, 0.25) is 0 Å². The summed E-state index contributed by atoms with van der Waals surface area (Å²) in [6.45, 7) is 4.42. The number of hydrogen-bond donors (Lipinski definition) is 0. The lowest BCUT2D eigenvalue weighted by atomic mass is 9.92. The second-order valence-electron chi connectivity index (χ2n) is 13.4. The summed E-state index contributed by atoms with van der Waals surface area (Å²) in [6, 6.07) is 60.2. The Morgan fingerprint density at radius 2 is 1.12 bits per heavy atom. The maximum atomic E-state index is 6.85. The van der Waals surface area contributed by atoms with Crippen LogP contribution in [0.4, 0.5) is 17.1 Å². The van der Waals surface area contributed by atoms with Crippen molar-refractivity contribution in [3.8, 4) is 16.9 Å². The van der Waals surface area contributed by atoms with Crippen molar-refractivity contribution in [1.29, 1.82) is 0 Å². The van der Waals surface area contributed by atoms with Crippen molar-refractivity contribution in [2.24, 2.45) is 0 Å². The molecule has 1 unspecified atom stereocenters. The first-order chi connectivity index (χ1) is 25.2. The van der Waals surface area contributed by atoms with Gasteiger partial charge in [-0.2, -0.15) is 0 Å². The minimum Gasteiger partial charge on any atom is -0.480 e. The molecule has 8 aromatic carbocycles. The van der Waals surface area contributed by atoms with E-state index < -0.39 is 0 Å². The Balaban J connectivity index is 1.16. The number of rotatable bonds is 5. The second kappa shape index (κ2) is 11.8. The van der Waals surface area contributed by atoms with Crippen LogP contribution in [0, 0.1) is 0 Å². The van der Waals surface area contributed by atoms with Crippen LogP contribution in [0.1, 0.15) is 17.2 Å². The number of fused-ring (bicyclic) bond motifs is 8. The normalized spacial score (nSPS) is 14.2. The lowest BCUT2D eigenvalue weighted by Gasteiger charge is -2.29. The molecule has 10 rings (SSSR count). The highest BCUT2D eigenvalue weighted by Gasteiger charge is 2.28. The van der Waals surface area contributed by atoms with E-state index in [1.54, 1.807) is 0 Å². The van der Waals surface area contributed by atoms with E-state index in [1.807, 2.05) is 6.07 Å². The van der Waals surface area contributed by atoms with Crippen LogP contribution in [0.5, 0.6) is 5.75 Å². The molecular weight excluding hydrogens is 623 g/mol. The van der Waals surface area contributed by atoms with E-state index in [0.29, 0.717) is 0 Å². The van der Waals surface area contributed by atoms with E-state index in [-0.39, 0.29) is 6.10 Å². The molecule has 0 spiro atoms. The summed E-state index contributed by atoms with van der Waals surface area (Å²) >= 11 is 0. The van der Waals surface area contributed by atoms with Gasteiger partial charge in [0.25, 0.3) is 0 Å². The Morgan fingerprint density at radius 3 is 1.92 bits per heavy atom. The first-order valence-electron chi connectivity index (χ1n) is 17.4. The minimum absolute atomic E-state index is 0.218. The Kier molecular flexibility index (Phi) is 6.78. The van der Waals surface area contributed by atoms with E-state index in [0.717, 1.165) is 67.9 Å². The summed E-state index contributed by atoms with van der Waals surface area (Å²) in [7, 11) is 0. The smallest absolute Gasteiger partial charge is 0.145 e. The first-order valence-corrected chi connectivity index (χ1v) is 17.4. The van der Waals surface area contributed by atoms with Crippen molar-refractivity contribution >= 4 is 60.5 Å². The molecule has 242 valence electrons. The van der Waals surface area contributed by atoms with E-state index in [2.05, 4.69) is 175 Å². The molecular formula is C48H33NO2.